The minimum absolute atomic E-state index is 0.0562. The van der Waals surface area contributed by atoms with E-state index < -0.39 is 67.1 Å². The Morgan fingerprint density at radius 2 is 1.90 bits per heavy atom. The van der Waals surface area contributed by atoms with E-state index in [-0.39, 0.29) is 41.2 Å². The third-order valence-corrected chi connectivity index (χ3v) is 7.54. The minimum Gasteiger partial charge on any atom is -0.480 e. The van der Waals surface area contributed by atoms with Crippen molar-refractivity contribution in [3.8, 4) is 17.0 Å². The number of aromatic nitrogens is 3. The molecule has 0 aliphatic heterocycles. The first-order chi connectivity index (χ1) is 18.6. The number of hydrogen-bond donors (Lipinski definition) is 4. The molecule has 4 rings (SSSR count). The van der Waals surface area contributed by atoms with Crippen molar-refractivity contribution < 1.29 is 41.3 Å². The number of carbonyl (C=O) groups excluding carboxylic acids is 1. The van der Waals surface area contributed by atoms with Crippen LogP contribution in [-0.2, 0) is 22.2 Å². The van der Waals surface area contributed by atoms with Crippen molar-refractivity contribution in [1.82, 2.24) is 20.5 Å². The quantitative estimate of drug-likeness (QED) is 0.214. The van der Waals surface area contributed by atoms with Crippen LogP contribution in [-0.4, -0.2) is 60.0 Å². The number of aliphatic hydroxyl groups is 2. The fraction of sp³-hybridized carbons (Fsp3) is 0.240. The highest BCUT2D eigenvalue weighted by Crippen LogP contribution is 2.35. The maximum Gasteiger partial charge on any atom is 0.269 e. The Bertz CT molecular complexity index is 1660. The van der Waals surface area contributed by atoms with Crippen molar-refractivity contribution in [2.24, 2.45) is 0 Å². The number of carbonyl (C=O) groups is 1. The maximum atomic E-state index is 15.6. The van der Waals surface area contributed by atoms with Gasteiger partial charge in [-0.1, -0.05) is 12.1 Å². The number of halogens is 3. The number of aromatic amines is 1. The molecule has 206 valence electrons. The standard InChI is InChI=1S/C25H23F3N4O6S/c1-38-25-18(9-13(11-34)10-30-25)39(36,37)12-14-3-6-17(26)19(20(14)27)15-4-5-16-22(21(15)28)31-32-23(16)24(35)29-7-2-8-33/h3-6,9-10,33-34H,2,7-8,11-12H2,1H3,(H,29,35)(H,31,32). The fourth-order valence-electron chi connectivity index (χ4n) is 3.95. The van der Waals surface area contributed by atoms with E-state index >= 15 is 8.78 Å². The predicted molar refractivity (Wildman–Crippen MR) is 133 cm³/mol. The van der Waals surface area contributed by atoms with Crippen LogP contribution < -0.4 is 10.1 Å². The smallest absolute Gasteiger partial charge is 0.269 e. The Hall–Kier alpha value is -4.01. The molecule has 1 amide bonds. The number of nitrogens with one attached hydrogen (secondary N) is 2. The number of rotatable bonds is 10. The molecule has 0 atom stereocenters. The highest BCUT2D eigenvalue weighted by atomic mass is 32.2. The second-order valence-electron chi connectivity index (χ2n) is 8.42. The minimum atomic E-state index is -4.32. The molecule has 10 nitrogen and oxygen atoms in total. The van der Waals surface area contributed by atoms with Crippen molar-refractivity contribution in [1.29, 1.82) is 0 Å². The van der Waals surface area contributed by atoms with E-state index in [0.717, 1.165) is 24.3 Å². The molecule has 4 N–H and O–H groups in total. The van der Waals surface area contributed by atoms with Gasteiger partial charge in [-0.2, -0.15) is 5.10 Å². The average molecular weight is 565 g/mol. The number of benzene rings is 2. The molecule has 39 heavy (non-hydrogen) atoms. The van der Waals surface area contributed by atoms with E-state index in [0.29, 0.717) is 6.42 Å². The monoisotopic (exact) mass is 564 g/mol. The summed E-state index contributed by atoms with van der Waals surface area (Å²) < 4.78 is 77.2. The van der Waals surface area contributed by atoms with Gasteiger partial charge in [0.2, 0.25) is 5.88 Å². The third-order valence-electron chi connectivity index (χ3n) is 5.88. The summed E-state index contributed by atoms with van der Waals surface area (Å²) in [5, 5.41) is 27.0. The van der Waals surface area contributed by atoms with Gasteiger partial charge in [0.25, 0.3) is 5.91 Å². The molecule has 14 heteroatoms. The number of methoxy groups -OCH3 is 1. The van der Waals surface area contributed by atoms with Crippen LogP contribution in [0, 0.1) is 17.5 Å². The van der Waals surface area contributed by atoms with E-state index in [9.17, 15) is 22.7 Å². The number of hydrogen-bond acceptors (Lipinski definition) is 8. The Balaban J connectivity index is 1.74. The molecule has 0 spiro atoms. The summed E-state index contributed by atoms with van der Waals surface area (Å²) >= 11 is 0. The zero-order valence-corrected chi connectivity index (χ0v) is 21.3. The molecule has 0 saturated carbocycles. The number of pyridine rings is 1. The van der Waals surface area contributed by atoms with Crippen LogP contribution in [0.1, 0.15) is 28.0 Å². The van der Waals surface area contributed by atoms with Gasteiger partial charge in [0.1, 0.15) is 27.7 Å². The largest absolute Gasteiger partial charge is 0.480 e. The van der Waals surface area contributed by atoms with Crippen molar-refractivity contribution >= 4 is 26.6 Å². The van der Waals surface area contributed by atoms with Crippen LogP contribution in [0.15, 0.2) is 41.4 Å². The van der Waals surface area contributed by atoms with Crippen LogP contribution >= 0.6 is 0 Å². The second kappa shape index (κ2) is 11.4. The molecule has 0 saturated heterocycles. The number of nitrogens with zero attached hydrogens (tertiary/aromatic N) is 2. The molecule has 4 aromatic rings. The van der Waals surface area contributed by atoms with E-state index in [2.05, 4.69) is 20.5 Å². The second-order valence-corrected chi connectivity index (χ2v) is 10.4. The Labute approximate surface area is 220 Å². The fourth-order valence-corrected chi connectivity index (χ4v) is 5.48. The molecule has 2 aromatic heterocycles. The van der Waals surface area contributed by atoms with Crippen molar-refractivity contribution in [2.75, 3.05) is 20.3 Å². The zero-order valence-electron chi connectivity index (χ0n) is 20.5. The molecule has 0 fully saturated rings. The lowest BCUT2D eigenvalue weighted by Crippen LogP contribution is -2.25. The van der Waals surface area contributed by atoms with Crippen molar-refractivity contribution in [3.63, 3.8) is 0 Å². The first kappa shape index (κ1) is 28.0. The summed E-state index contributed by atoms with van der Waals surface area (Å²) in [6, 6.07) is 5.21. The lowest BCUT2D eigenvalue weighted by atomic mass is 9.99. The Kier molecular flexibility index (Phi) is 8.18. The van der Waals surface area contributed by atoms with Crippen LogP contribution in [0.4, 0.5) is 13.2 Å². The summed E-state index contributed by atoms with van der Waals surface area (Å²) in [5.74, 6) is -5.41. The van der Waals surface area contributed by atoms with E-state index in [1.54, 1.807) is 0 Å². The summed E-state index contributed by atoms with van der Waals surface area (Å²) in [4.78, 5) is 15.8. The predicted octanol–water partition coefficient (Wildman–Crippen LogP) is 2.63. The maximum absolute atomic E-state index is 15.6. The molecule has 0 radical (unpaired) electrons. The van der Waals surface area contributed by atoms with Gasteiger partial charge in [0.05, 0.1) is 25.0 Å². The molecule has 0 bridgehead atoms. The SMILES string of the molecule is COc1ncc(CO)cc1S(=O)(=O)Cc1ccc(F)c(-c2ccc3c(C(=O)NCCCO)[nH]nc3c2F)c1F. The summed E-state index contributed by atoms with van der Waals surface area (Å²) in [7, 11) is -3.13. The van der Waals surface area contributed by atoms with Gasteiger partial charge in [-0.15, -0.1) is 0 Å². The van der Waals surface area contributed by atoms with Gasteiger partial charge >= 0.3 is 0 Å². The highest BCUT2D eigenvalue weighted by molar-refractivity contribution is 7.90. The summed E-state index contributed by atoms with van der Waals surface area (Å²) in [5.41, 5.74) is -2.06. The van der Waals surface area contributed by atoms with Crippen LogP contribution in [0.2, 0.25) is 0 Å². The van der Waals surface area contributed by atoms with E-state index in [1.807, 2.05) is 0 Å². The molecule has 0 aliphatic rings. The molecule has 2 aromatic carbocycles. The normalized spacial score (nSPS) is 11.6. The lowest BCUT2D eigenvalue weighted by molar-refractivity contribution is 0.0947. The van der Waals surface area contributed by atoms with Gasteiger partial charge in [-0.05, 0) is 30.2 Å². The number of aliphatic hydroxyl groups excluding tert-OH is 2. The third kappa shape index (κ3) is 5.44. The number of fused-ring (bicyclic) bond motifs is 1. The van der Waals surface area contributed by atoms with Gasteiger partial charge in [-0.3, -0.25) is 9.89 Å². The van der Waals surface area contributed by atoms with Crippen LogP contribution in [0.3, 0.4) is 0 Å². The van der Waals surface area contributed by atoms with Gasteiger partial charge in [-0.25, -0.2) is 26.6 Å². The Morgan fingerprint density at radius 1 is 1.13 bits per heavy atom. The van der Waals surface area contributed by atoms with Crippen molar-refractivity contribution in [3.05, 3.63) is 70.8 Å². The first-order valence-electron chi connectivity index (χ1n) is 11.5. The zero-order chi connectivity index (χ0) is 28.3. The van der Waals surface area contributed by atoms with E-state index in [1.165, 1.54) is 19.4 Å². The number of ether oxygens (including phenoxy) is 1. The topological polar surface area (TPSA) is 154 Å². The lowest BCUT2D eigenvalue weighted by Gasteiger charge is -2.13. The number of H-pyrrole nitrogens is 1. The van der Waals surface area contributed by atoms with E-state index in [4.69, 9.17) is 9.84 Å². The number of amides is 1. The number of sulfone groups is 1. The first-order valence-corrected chi connectivity index (χ1v) is 13.2. The van der Waals surface area contributed by atoms with Gasteiger partial charge in [0, 0.05) is 35.9 Å². The van der Waals surface area contributed by atoms with Crippen molar-refractivity contribution in [2.45, 2.75) is 23.7 Å². The molecule has 0 unspecified atom stereocenters. The van der Waals surface area contributed by atoms with Crippen LogP contribution in [0.25, 0.3) is 22.0 Å². The average Bonchev–Trinajstić information content (AvgIpc) is 3.36. The highest BCUT2D eigenvalue weighted by Gasteiger charge is 2.27. The van der Waals surface area contributed by atoms with Gasteiger partial charge in [0.15, 0.2) is 15.7 Å². The molecule has 2 heterocycles. The molecule has 0 aliphatic carbocycles. The molecular formula is C25H23F3N4O6S. The van der Waals surface area contributed by atoms with Gasteiger partial charge < -0.3 is 20.3 Å². The summed E-state index contributed by atoms with van der Waals surface area (Å²) in [6.45, 7) is -0.483. The Morgan fingerprint density at radius 3 is 2.59 bits per heavy atom. The van der Waals surface area contributed by atoms with Crippen LogP contribution in [0.5, 0.6) is 5.88 Å². The molecular weight excluding hydrogens is 541 g/mol. The summed E-state index contributed by atoms with van der Waals surface area (Å²) in [6.07, 6.45) is 1.52.